The van der Waals surface area contributed by atoms with Crippen molar-refractivity contribution in [1.82, 2.24) is 0 Å². The number of nitrogen functional groups attached to an aromatic ring is 1. The molecular formula is C24H41N. The Hall–Kier alpha value is -0.980. The van der Waals surface area contributed by atoms with E-state index < -0.39 is 0 Å². The topological polar surface area (TPSA) is 26.0 Å². The minimum Gasteiger partial charge on any atom is -0.399 e. The number of nitrogens with two attached hydrogens (primary N) is 1. The molecule has 1 nitrogen and oxygen atoms in total. The van der Waals surface area contributed by atoms with Gasteiger partial charge in [-0.05, 0) is 55.2 Å². The molecular weight excluding hydrogens is 302 g/mol. The smallest absolute Gasteiger partial charge is 0.0314 e. The fraction of sp³-hybridized carbons (Fsp3) is 0.750. The predicted molar refractivity (Wildman–Crippen MR) is 112 cm³/mol. The van der Waals surface area contributed by atoms with Crippen LogP contribution < -0.4 is 5.73 Å². The summed E-state index contributed by atoms with van der Waals surface area (Å²) in [5.74, 6) is 1.78. The van der Waals surface area contributed by atoms with Crippen LogP contribution in [0.4, 0.5) is 5.69 Å². The third-order valence-electron chi connectivity index (χ3n) is 6.22. The molecule has 0 radical (unpaired) electrons. The van der Waals surface area contributed by atoms with Crippen LogP contribution in [0.15, 0.2) is 24.3 Å². The van der Waals surface area contributed by atoms with Crippen molar-refractivity contribution in [2.45, 2.75) is 109 Å². The highest BCUT2D eigenvalue weighted by atomic mass is 14.5. The van der Waals surface area contributed by atoms with Gasteiger partial charge in [0.25, 0.3) is 0 Å². The van der Waals surface area contributed by atoms with E-state index in [9.17, 15) is 0 Å². The van der Waals surface area contributed by atoms with E-state index in [1.165, 1.54) is 102 Å². The highest BCUT2D eigenvalue weighted by Crippen LogP contribution is 2.37. The minimum absolute atomic E-state index is 0.782. The van der Waals surface area contributed by atoms with Crippen LogP contribution in [-0.2, 0) is 0 Å². The van der Waals surface area contributed by atoms with Crippen LogP contribution in [0.2, 0.25) is 0 Å². The Morgan fingerprint density at radius 2 is 1.24 bits per heavy atom. The van der Waals surface area contributed by atoms with Gasteiger partial charge in [-0.3, -0.25) is 0 Å². The first-order valence-corrected chi connectivity index (χ1v) is 11.1. The average molecular weight is 344 g/mol. The Labute approximate surface area is 156 Å². The van der Waals surface area contributed by atoms with Crippen molar-refractivity contribution in [2.75, 3.05) is 5.73 Å². The zero-order valence-corrected chi connectivity index (χ0v) is 16.6. The monoisotopic (exact) mass is 343 g/mol. The molecule has 1 fully saturated rings. The highest BCUT2D eigenvalue weighted by molar-refractivity contribution is 5.40. The summed E-state index contributed by atoms with van der Waals surface area (Å²) in [7, 11) is 0. The normalized spacial score (nSPS) is 20.7. The molecule has 0 unspecified atom stereocenters. The SMILES string of the molecule is CCCCCCCCCCCCC1CCC(c2ccc(N)cc2)CC1. The molecule has 2 N–H and O–H groups in total. The number of rotatable bonds is 12. The van der Waals surface area contributed by atoms with Gasteiger partial charge in [-0.1, -0.05) is 89.7 Å². The van der Waals surface area contributed by atoms with Crippen molar-refractivity contribution in [3.63, 3.8) is 0 Å². The van der Waals surface area contributed by atoms with Crippen molar-refractivity contribution in [1.29, 1.82) is 0 Å². The number of unbranched alkanes of at least 4 members (excludes halogenated alkanes) is 9. The predicted octanol–water partition coefficient (Wildman–Crippen LogP) is 7.85. The Bertz CT molecular complexity index is 428. The molecule has 1 aromatic rings. The van der Waals surface area contributed by atoms with Gasteiger partial charge >= 0.3 is 0 Å². The Morgan fingerprint density at radius 1 is 0.720 bits per heavy atom. The zero-order valence-electron chi connectivity index (χ0n) is 16.6. The largest absolute Gasteiger partial charge is 0.399 e. The van der Waals surface area contributed by atoms with E-state index in [0.717, 1.165) is 17.5 Å². The second kappa shape index (κ2) is 12.4. The molecule has 1 aromatic carbocycles. The molecule has 1 heteroatoms. The van der Waals surface area contributed by atoms with E-state index in [1.807, 2.05) is 0 Å². The van der Waals surface area contributed by atoms with Crippen molar-refractivity contribution in [3.05, 3.63) is 29.8 Å². The molecule has 1 aliphatic carbocycles. The molecule has 0 aromatic heterocycles. The summed E-state index contributed by atoms with van der Waals surface area (Å²) < 4.78 is 0. The summed E-state index contributed by atoms with van der Waals surface area (Å²) in [5, 5.41) is 0. The molecule has 2 rings (SSSR count). The number of benzene rings is 1. The molecule has 0 heterocycles. The van der Waals surface area contributed by atoms with Crippen molar-refractivity contribution < 1.29 is 0 Å². The van der Waals surface area contributed by atoms with Gasteiger partial charge in [0.05, 0.1) is 0 Å². The fourth-order valence-electron chi connectivity index (χ4n) is 4.47. The summed E-state index contributed by atoms with van der Waals surface area (Å²) in [6.07, 6.45) is 21.6. The van der Waals surface area contributed by atoms with Crippen LogP contribution in [0, 0.1) is 5.92 Å². The summed E-state index contributed by atoms with van der Waals surface area (Å²) in [4.78, 5) is 0. The van der Waals surface area contributed by atoms with Gasteiger partial charge in [0, 0.05) is 5.69 Å². The molecule has 142 valence electrons. The molecule has 25 heavy (non-hydrogen) atoms. The van der Waals surface area contributed by atoms with Gasteiger partial charge in [0.2, 0.25) is 0 Å². The Balaban J connectivity index is 1.45. The lowest BCUT2D eigenvalue weighted by Crippen LogP contribution is -2.13. The molecule has 0 atom stereocenters. The third-order valence-corrected chi connectivity index (χ3v) is 6.22. The minimum atomic E-state index is 0.782. The molecule has 0 bridgehead atoms. The van der Waals surface area contributed by atoms with E-state index in [-0.39, 0.29) is 0 Å². The van der Waals surface area contributed by atoms with Crippen LogP contribution in [0.3, 0.4) is 0 Å². The fourth-order valence-corrected chi connectivity index (χ4v) is 4.47. The quantitative estimate of drug-likeness (QED) is 0.303. The lowest BCUT2D eigenvalue weighted by Gasteiger charge is -2.29. The van der Waals surface area contributed by atoms with Crippen LogP contribution in [0.25, 0.3) is 0 Å². The summed E-state index contributed by atoms with van der Waals surface area (Å²) in [5.41, 5.74) is 8.20. The van der Waals surface area contributed by atoms with Crippen molar-refractivity contribution in [2.24, 2.45) is 5.92 Å². The van der Waals surface area contributed by atoms with E-state index in [4.69, 9.17) is 5.73 Å². The number of hydrogen-bond acceptors (Lipinski definition) is 1. The van der Waals surface area contributed by atoms with Crippen molar-refractivity contribution in [3.8, 4) is 0 Å². The molecule has 0 spiro atoms. The lowest BCUT2D eigenvalue weighted by atomic mass is 9.77. The van der Waals surface area contributed by atoms with Gasteiger partial charge < -0.3 is 5.73 Å². The van der Waals surface area contributed by atoms with Crippen LogP contribution in [-0.4, -0.2) is 0 Å². The van der Waals surface area contributed by atoms with Gasteiger partial charge in [0.15, 0.2) is 0 Å². The van der Waals surface area contributed by atoms with Crippen molar-refractivity contribution >= 4 is 5.69 Å². The first-order chi connectivity index (χ1) is 12.3. The third kappa shape index (κ3) is 8.29. The van der Waals surface area contributed by atoms with Gasteiger partial charge in [-0.2, -0.15) is 0 Å². The summed E-state index contributed by atoms with van der Waals surface area (Å²) in [6.45, 7) is 2.30. The van der Waals surface area contributed by atoms with E-state index in [1.54, 1.807) is 0 Å². The Morgan fingerprint density at radius 3 is 1.80 bits per heavy atom. The second-order valence-corrected chi connectivity index (χ2v) is 8.35. The molecule has 0 aliphatic heterocycles. The lowest BCUT2D eigenvalue weighted by molar-refractivity contribution is 0.302. The Kier molecular flexibility index (Phi) is 10.1. The van der Waals surface area contributed by atoms with Crippen LogP contribution in [0.1, 0.15) is 115 Å². The number of anilines is 1. The van der Waals surface area contributed by atoms with Gasteiger partial charge in [0.1, 0.15) is 0 Å². The highest BCUT2D eigenvalue weighted by Gasteiger charge is 2.21. The average Bonchev–Trinajstić information content (AvgIpc) is 2.64. The molecule has 0 saturated heterocycles. The molecule has 0 amide bonds. The van der Waals surface area contributed by atoms with E-state index in [0.29, 0.717) is 0 Å². The number of hydrogen-bond donors (Lipinski definition) is 1. The molecule has 1 aliphatic rings. The zero-order chi connectivity index (χ0) is 17.7. The first kappa shape index (κ1) is 20.3. The summed E-state index contributed by atoms with van der Waals surface area (Å²) >= 11 is 0. The van der Waals surface area contributed by atoms with Crippen LogP contribution >= 0.6 is 0 Å². The molecule has 1 saturated carbocycles. The maximum Gasteiger partial charge on any atom is 0.0314 e. The van der Waals surface area contributed by atoms with Gasteiger partial charge in [-0.25, -0.2) is 0 Å². The maximum absolute atomic E-state index is 5.80. The summed E-state index contributed by atoms with van der Waals surface area (Å²) in [6, 6.07) is 8.60. The standard InChI is InChI=1S/C24H41N/c1-2-3-4-5-6-7-8-9-10-11-12-21-13-15-22(16-14-21)23-17-19-24(25)20-18-23/h17-22H,2-16,25H2,1H3. The maximum atomic E-state index is 5.80. The van der Waals surface area contributed by atoms with E-state index in [2.05, 4.69) is 31.2 Å². The van der Waals surface area contributed by atoms with E-state index >= 15 is 0 Å². The second-order valence-electron chi connectivity index (χ2n) is 8.35. The first-order valence-electron chi connectivity index (χ1n) is 11.1. The van der Waals surface area contributed by atoms with Gasteiger partial charge in [-0.15, -0.1) is 0 Å². The van der Waals surface area contributed by atoms with Crippen LogP contribution in [0.5, 0.6) is 0 Å².